The fourth-order valence-electron chi connectivity index (χ4n) is 1.79. The maximum atomic E-state index is 11.9. The molecule has 0 unspecified atom stereocenters. The van der Waals surface area contributed by atoms with Crippen LogP contribution < -0.4 is 10.5 Å². The molecule has 3 heterocycles. The smallest absolute Gasteiger partial charge is 0.268 e. The molecule has 0 spiro atoms. The molecule has 0 atom stereocenters. The zero-order valence-corrected chi connectivity index (χ0v) is 12.9. The Bertz CT molecular complexity index is 797. The maximum absolute atomic E-state index is 11.9. The molecule has 0 bridgehead atoms. The number of nitrogens with one attached hydrogen (secondary N) is 1. The first-order valence-electron chi connectivity index (χ1n) is 5.78. The van der Waals surface area contributed by atoms with Crippen molar-refractivity contribution in [2.24, 2.45) is 0 Å². The van der Waals surface area contributed by atoms with Gasteiger partial charge in [-0.3, -0.25) is 4.79 Å². The van der Waals surface area contributed by atoms with Crippen LogP contribution in [0.5, 0.6) is 0 Å². The van der Waals surface area contributed by atoms with E-state index in [0.29, 0.717) is 23.0 Å². The van der Waals surface area contributed by atoms with Crippen molar-refractivity contribution >= 4 is 43.4 Å². The van der Waals surface area contributed by atoms with Crippen LogP contribution in [0.15, 0.2) is 33.1 Å². The summed E-state index contributed by atoms with van der Waals surface area (Å²) in [5, 5.41) is 1.86. The summed E-state index contributed by atoms with van der Waals surface area (Å²) < 4.78 is 1.47. The van der Waals surface area contributed by atoms with E-state index in [9.17, 15) is 4.79 Å². The highest BCUT2D eigenvalue weighted by atomic mass is 79.9. The number of fused-ring (bicyclic) bond motifs is 1. The first kappa shape index (κ1) is 13.2. The number of hydrogen-bond acceptors (Lipinski definition) is 6. The summed E-state index contributed by atoms with van der Waals surface area (Å²) in [4.78, 5) is 29.3. The maximum Gasteiger partial charge on any atom is 0.268 e. The van der Waals surface area contributed by atoms with Crippen molar-refractivity contribution in [1.82, 2.24) is 19.9 Å². The number of hydrogen-bond donors (Lipinski definition) is 1. The Hall–Kier alpha value is -1.80. The van der Waals surface area contributed by atoms with Gasteiger partial charge in [-0.05, 0) is 27.4 Å². The second kappa shape index (κ2) is 5.29. The first-order chi connectivity index (χ1) is 9.63. The molecule has 8 heteroatoms. The molecule has 20 heavy (non-hydrogen) atoms. The Labute approximate surface area is 126 Å². The van der Waals surface area contributed by atoms with Crippen LogP contribution in [-0.4, -0.2) is 27.0 Å². The number of rotatable bonds is 3. The van der Waals surface area contributed by atoms with Gasteiger partial charge in [-0.15, -0.1) is 11.3 Å². The molecule has 6 nitrogen and oxygen atoms in total. The van der Waals surface area contributed by atoms with E-state index < -0.39 is 0 Å². The van der Waals surface area contributed by atoms with Gasteiger partial charge in [-0.2, -0.15) is 0 Å². The largest absolute Gasteiger partial charge is 0.336 e. The Morgan fingerprint density at radius 3 is 2.90 bits per heavy atom. The second-order valence-electron chi connectivity index (χ2n) is 4.20. The van der Waals surface area contributed by atoms with Crippen molar-refractivity contribution in [2.75, 3.05) is 11.9 Å². The number of aromatic amines is 1. The van der Waals surface area contributed by atoms with Crippen molar-refractivity contribution in [2.45, 2.75) is 6.54 Å². The Kier molecular flexibility index (Phi) is 3.49. The number of aromatic nitrogens is 4. The van der Waals surface area contributed by atoms with Gasteiger partial charge in [0.1, 0.15) is 10.5 Å². The van der Waals surface area contributed by atoms with Crippen LogP contribution in [0.4, 0.5) is 5.95 Å². The van der Waals surface area contributed by atoms with E-state index in [2.05, 4.69) is 35.9 Å². The Morgan fingerprint density at radius 1 is 1.40 bits per heavy atom. The minimum atomic E-state index is -0.106. The zero-order valence-electron chi connectivity index (χ0n) is 10.5. The normalized spacial score (nSPS) is 10.9. The standard InChI is InChI=1S/C12H10BrN5OS/c1-18(12-14-4-7(13)5-15-12)6-9-16-8-2-3-20-10(8)11(19)17-9/h2-5H,6H2,1H3,(H,16,17,19). The summed E-state index contributed by atoms with van der Waals surface area (Å²) in [6.07, 6.45) is 3.36. The van der Waals surface area contributed by atoms with Crippen molar-refractivity contribution in [1.29, 1.82) is 0 Å². The minimum absolute atomic E-state index is 0.106. The van der Waals surface area contributed by atoms with Crippen molar-refractivity contribution in [3.05, 3.63) is 44.5 Å². The van der Waals surface area contributed by atoms with E-state index in [1.54, 1.807) is 12.4 Å². The van der Waals surface area contributed by atoms with Crippen molar-refractivity contribution in [3.63, 3.8) is 0 Å². The number of halogens is 1. The van der Waals surface area contributed by atoms with E-state index >= 15 is 0 Å². The molecule has 1 N–H and O–H groups in total. The van der Waals surface area contributed by atoms with Gasteiger partial charge in [0.05, 0.1) is 16.5 Å². The molecule has 0 saturated heterocycles. The summed E-state index contributed by atoms with van der Waals surface area (Å²) in [5.41, 5.74) is 0.615. The predicted octanol–water partition coefficient (Wildman–Crippen LogP) is 2.17. The average Bonchev–Trinajstić information content (AvgIpc) is 2.88. The summed E-state index contributed by atoms with van der Waals surface area (Å²) in [6, 6.07) is 1.84. The fourth-order valence-corrected chi connectivity index (χ4v) is 2.72. The summed E-state index contributed by atoms with van der Waals surface area (Å²) in [6.45, 7) is 0.433. The van der Waals surface area contributed by atoms with Crippen LogP contribution >= 0.6 is 27.3 Å². The molecule has 0 aromatic carbocycles. The number of nitrogens with zero attached hydrogens (tertiary/aromatic N) is 4. The second-order valence-corrected chi connectivity index (χ2v) is 6.04. The van der Waals surface area contributed by atoms with Crippen LogP contribution in [0.25, 0.3) is 10.2 Å². The van der Waals surface area contributed by atoms with Gasteiger partial charge in [-0.1, -0.05) is 0 Å². The van der Waals surface area contributed by atoms with Crippen LogP contribution in [0.1, 0.15) is 5.82 Å². The van der Waals surface area contributed by atoms with E-state index in [0.717, 1.165) is 9.99 Å². The summed E-state index contributed by atoms with van der Waals surface area (Å²) in [7, 11) is 1.85. The third kappa shape index (κ3) is 2.56. The molecule has 0 aliphatic heterocycles. The van der Waals surface area contributed by atoms with E-state index in [-0.39, 0.29) is 5.56 Å². The molecule has 102 valence electrons. The number of anilines is 1. The van der Waals surface area contributed by atoms with Gasteiger partial charge in [0.15, 0.2) is 0 Å². The molecular formula is C12H10BrN5OS. The average molecular weight is 352 g/mol. The van der Waals surface area contributed by atoms with Gasteiger partial charge in [-0.25, -0.2) is 15.0 Å². The van der Waals surface area contributed by atoms with Gasteiger partial charge >= 0.3 is 0 Å². The van der Waals surface area contributed by atoms with E-state index in [4.69, 9.17) is 0 Å². The molecule has 0 radical (unpaired) electrons. The molecule has 0 amide bonds. The third-order valence-electron chi connectivity index (χ3n) is 2.70. The number of H-pyrrole nitrogens is 1. The molecule has 0 fully saturated rings. The Balaban J connectivity index is 1.88. The highest BCUT2D eigenvalue weighted by Gasteiger charge is 2.09. The molecule has 3 aromatic heterocycles. The molecule has 3 aromatic rings. The SMILES string of the molecule is CN(Cc1nc2ccsc2c(=O)[nH]1)c1ncc(Br)cn1. The first-order valence-corrected chi connectivity index (χ1v) is 7.46. The fraction of sp³-hybridized carbons (Fsp3) is 0.167. The molecule has 0 aliphatic carbocycles. The quantitative estimate of drug-likeness (QED) is 0.782. The van der Waals surface area contributed by atoms with Crippen LogP contribution in [-0.2, 0) is 6.54 Å². The molecule has 0 saturated carbocycles. The molecule has 3 rings (SSSR count). The molecule has 0 aliphatic rings. The van der Waals surface area contributed by atoms with E-state index in [1.807, 2.05) is 23.4 Å². The highest BCUT2D eigenvalue weighted by Crippen LogP contribution is 2.15. The van der Waals surface area contributed by atoms with Gasteiger partial charge in [0.2, 0.25) is 5.95 Å². The number of thiophene rings is 1. The third-order valence-corrected chi connectivity index (χ3v) is 4.01. The van der Waals surface area contributed by atoms with Crippen LogP contribution in [0.3, 0.4) is 0 Å². The monoisotopic (exact) mass is 351 g/mol. The lowest BCUT2D eigenvalue weighted by atomic mass is 10.4. The van der Waals surface area contributed by atoms with Crippen molar-refractivity contribution in [3.8, 4) is 0 Å². The van der Waals surface area contributed by atoms with Crippen LogP contribution in [0.2, 0.25) is 0 Å². The lowest BCUT2D eigenvalue weighted by Crippen LogP contribution is -2.22. The summed E-state index contributed by atoms with van der Waals surface area (Å²) >= 11 is 4.68. The topological polar surface area (TPSA) is 74.8 Å². The van der Waals surface area contributed by atoms with Gasteiger partial charge in [0, 0.05) is 19.4 Å². The van der Waals surface area contributed by atoms with Crippen LogP contribution in [0, 0.1) is 0 Å². The summed E-state index contributed by atoms with van der Waals surface area (Å²) in [5.74, 6) is 1.16. The van der Waals surface area contributed by atoms with Crippen molar-refractivity contribution < 1.29 is 0 Å². The lowest BCUT2D eigenvalue weighted by Gasteiger charge is -2.15. The lowest BCUT2D eigenvalue weighted by molar-refractivity contribution is 0.808. The highest BCUT2D eigenvalue weighted by molar-refractivity contribution is 9.10. The zero-order chi connectivity index (χ0) is 14.1. The van der Waals surface area contributed by atoms with E-state index in [1.165, 1.54) is 11.3 Å². The van der Waals surface area contributed by atoms with Gasteiger partial charge < -0.3 is 9.88 Å². The predicted molar refractivity (Wildman–Crippen MR) is 82.1 cm³/mol. The minimum Gasteiger partial charge on any atom is -0.336 e. The Morgan fingerprint density at radius 2 is 2.15 bits per heavy atom. The molecular weight excluding hydrogens is 342 g/mol. The van der Waals surface area contributed by atoms with Gasteiger partial charge in [0.25, 0.3) is 5.56 Å².